The molecular formula is C21H23SSi. The second-order valence-corrected chi connectivity index (χ2v) is 8.17. The van der Waals surface area contributed by atoms with Crippen molar-refractivity contribution in [2.24, 2.45) is 5.92 Å². The average molecular weight is 336 g/mol. The highest BCUT2D eigenvalue weighted by Crippen LogP contribution is 2.51. The molecule has 0 amide bonds. The minimum absolute atomic E-state index is 0.436. The van der Waals surface area contributed by atoms with Crippen LogP contribution >= 0.6 is 11.8 Å². The standard InChI is InChI=1S/C11H14S.C10H9Si/c1-4-9-8(3)11-7(2)5-6-10(11)12-9;1-7-6-8-4-2-3-5-9(8)10(7)11/h5-6,11H,4H2,1-3H3;2-6,10H,1H3. The Balaban J connectivity index is 0.000000136. The Labute approximate surface area is 147 Å². The van der Waals surface area contributed by atoms with Gasteiger partial charge in [0.15, 0.2) is 0 Å². The van der Waals surface area contributed by atoms with E-state index in [1.54, 1.807) is 15.4 Å². The van der Waals surface area contributed by atoms with E-state index in [0.717, 1.165) is 0 Å². The molecule has 3 aliphatic rings. The van der Waals surface area contributed by atoms with Crippen LogP contribution in [0.1, 0.15) is 50.8 Å². The molecule has 0 N–H and O–H groups in total. The van der Waals surface area contributed by atoms with Crippen molar-refractivity contribution in [2.45, 2.75) is 39.7 Å². The fourth-order valence-corrected chi connectivity index (χ4v) is 5.16. The first kappa shape index (κ1) is 16.6. The van der Waals surface area contributed by atoms with Crippen LogP contribution in [0.4, 0.5) is 0 Å². The molecule has 117 valence electrons. The molecular weight excluding hydrogens is 312 g/mol. The zero-order valence-electron chi connectivity index (χ0n) is 14.3. The lowest BCUT2D eigenvalue weighted by molar-refractivity contribution is 0.895. The van der Waals surface area contributed by atoms with Gasteiger partial charge in [0.1, 0.15) is 0 Å². The Kier molecular flexibility index (Phi) is 4.84. The molecule has 0 fully saturated rings. The van der Waals surface area contributed by atoms with Gasteiger partial charge in [-0.05, 0) is 48.8 Å². The zero-order valence-corrected chi connectivity index (χ0v) is 16.1. The predicted molar refractivity (Wildman–Crippen MR) is 105 cm³/mol. The normalized spacial score (nSPS) is 24.5. The number of allylic oxidation sites excluding steroid dienone is 7. The van der Waals surface area contributed by atoms with Gasteiger partial charge < -0.3 is 0 Å². The second-order valence-electron chi connectivity index (χ2n) is 6.42. The third-order valence-corrected chi connectivity index (χ3v) is 7.06. The topological polar surface area (TPSA) is 0 Å². The van der Waals surface area contributed by atoms with Crippen molar-refractivity contribution < 1.29 is 0 Å². The lowest BCUT2D eigenvalue weighted by Crippen LogP contribution is -1.96. The van der Waals surface area contributed by atoms with Gasteiger partial charge in [-0.3, -0.25) is 0 Å². The highest BCUT2D eigenvalue weighted by Gasteiger charge is 2.30. The third-order valence-electron chi connectivity index (χ3n) is 4.83. The summed E-state index contributed by atoms with van der Waals surface area (Å²) in [5.74, 6) is 0.657. The molecule has 2 unspecified atom stereocenters. The highest BCUT2D eigenvalue weighted by atomic mass is 32.2. The molecule has 2 atom stereocenters. The quantitative estimate of drug-likeness (QED) is 0.551. The minimum atomic E-state index is 0.436. The predicted octanol–water partition coefficient (Wildman–Crippen LogP) is 6.19. The van der Waals surface area contributed by atoms with E-state index < -0.39 is 0 Å². The van der Waals surface area contributed by atoms with Gasteiger partial charge in [-0.15, -0.1) is 0 Å². The van der Waals surface area contributed by atoms with Gasteiger partial charge in [0.2, 0.25) is 0 Å². The Hall–Kier alpha value is -1.25. The second kappa shape index (κ2) is 6.70. The number of hydrogen-bond donors (Lipinski definition) is 0. The monoisotopic (exact) mass is 335 g/mol. The summed E-state index contributed by atoms with van der Waals surface area (Å²) in [7, 11) is 3.68. The number of benzene rings is 1. The van der Waals surface area contributed by atoms with Crippen LogP contribution < -0.4 is 0 Å². The van der Waals surface area contributed by atoms with E-state index in [-0.39, 0.29) is 0 Å². The molecule has 0 nitrogen and oxygen atoms in total. The SMILES string of the molecule is CC1=Cc2ccccc2C1[Si].CCC1=C(C)C2C(C)=CC=C2S1. The van der Waals surface area contributed by atoms with Crippen LogP contribution in [0, 0.1) is 5.92 Å². The first-order valence-electron chi connectivity index (χ1n) is 8.27. The molecule has 2 aliphatic carbocycles. The van der Waals surface area contributed by atoms with Crippen LogP contribution in [0.3, 0.4) is 0 Å². The van der Waals surface area contributed by atoms with Gasteiger partial charge in [-0.1, -0.05) is 77.9 Å². The van der Waals surface area contributed by atoms with Gasteiger partial charge in [-0.25, -0.2) is 0 Å². The average Bonchev–Trinajstić information content (AvgIpc) is 3.17. The van der Waals surface area contributed by atoms with Gasteiger partial charge in [-0.2, -0.15) is 0 Å². The van der Waals surface area contributed by atoms with Crippen molar-refractivity contribution in [2.75, 3.05) is 0 Å². The lowest BCUT2D eigenvalue weighted by atomic mass is 9.95. The van der Waals surface area contributed by atoms with E-state index in [4.69, 9.17) is 0 Å². The van der Waals surface area contributed by atoms with Crippen LogP contribution in [0.15, 0.2) is 62.9 Å². The van der Waals surface area contributed by atoms with E-state index in [1.165, 1.54) is 28.7 Å². The molecule has 0 aromatic heterocycles. The van der Waals surface area contributed by atoms with E-state index in [0.29, 0.717) is 11.5 Å². The van der Waals surface area contributed by atoms with E-state index in [9.17, 15) is 0 Å². The van der Waals surface area contributed by atoms with Crippen molar-refractivity contribution in [3.8, 4) is 0 Å². The van der Waals surface area contributed by atoms with E-state index in [1.807, 2.05) is 11.8 Å². The van der Waals surface area contributed by atoms with E-state index in [2.05, 4.69) is 80.4 Å². The molecule has 1 aliphatic heterocycles. The Morgan fingerprint density at radius 3 is 2.43 bits per heavy atom. The third kappa shape index (κ3) is 3.07. The van der Waals surface area contributed by atoms with Crippen LogP contribution in [0.2, 0.25) is 0 Å². The Morgan fingerprint density at radius 1 is 1.04 bits per heavy atom. The van der Waals surface area contributed by atoms with Crippen molar-refractivity contribution in [3.63, 3.8) is 0 Å². The Morgan fingerprint density at radius 2 is 1.78 bits per heavy atom. The summed E-state index contributed by atoms with van der Waals surface area (Å²) in [4.78, 5) is 3.13. The first-order valence-corrected chi connectivity index (χ1v) is 9.66. The molecule has 1 aromatic carbocycles. The summed E-state index contributed by atoms with van der Waals surface area (Å²) in [5.41, 5.74) is 7.67. The summed E-state index contributed by atoms with van der Waals surface area (Å²) in [6.07, 6.45) is 7.95. The van der Waals surface area contributed by atoms with Crippen molar-refractivity contribution in [1.82, 2.24) is 0 Å². The van der Waals surface area contributed by atoms with Gasteiger partial charge in [0.25, 0.3) is 0 Å². The minimum Gasteiger partial charge on any atom is -0.0981 e. The van der Waals surface area contributed by atoms with E-state index >= 15 is 0 Å². The summed E-state index contributed by atoms with van der Waals surface area (Å²) >= 11 is 1.98. The fraction of sp³-hybridized carbons (Fsp3) is 0.333. The molecule has 3 radical (unpaired) electrons. The number of fused-ring (bicyclic) bond motifs is 2. The molecule has 23 heavy (non-hydrogen) atoms. The molecule has 0 spiro atoms. The number of thioether (sulfide) groups is 1. The molecule has 1 aromatic rings. The summed E-state index contributed by atoms with van der Waals surface area (Å²) in [6.45, 7) is 8.90. The summed E-state index contributed by atoms with van der Waals surface area (Å²) in [5, 5.41) is 0. The van der Waals surface area contributed by atoms with Crippen LogP contribution in [0.5, 0.6) is 0 Å². The molecule has 0 saturated heterocycles. The lowest BCUT2D eigenvalue weighted by Gasteiger charge is -2.08. The highest BCUT2D eigenvalue weighted by molar-refractivity contribution is 8.07. The molecule has 4 rings (SSSR count). The number of rotatable bonds is 1. The maximum absolute atomic E-state index is 3.68. The molecule has 1 heterocycles. The van der Waals surface area contributed by atoms with Crippen LogP contribution in [0.25, 0.3) is 6.08 Å². The zero-order chi connectivity index (χ0) is 16.6. The van der Waals surface area contributed by atoms with Crippen molar-refractivity contribution >= 4 is 28.1 Å². The van der Waals surface area contributed by atoms with Gasteiger partial charge in [0.05, 0.1) is 0 Å². The van der Waals surface area contributed by atoms with Gasteiger partial charge >= 0.3 is 0 Å². The van der Waals surface area contributed by atoms with Crippen molar-refractivity contribution in [3.05, 3.63) is 74.1 Å². The summed E-state index contributed by atoms with van der Waals surface area (Å²) in [6, 6.07) is 8.48. The molecule has 2 heteroatoms. The van der Waals surface area contributed by atoms with Crippen molar-refractivity contribution in [1.29, 1.82) is 0 Å². The van der Waals surface area contributed by atoms with Crippen LogP contribution in [-0.2, 0) is 0 Å². The molecule has 0 bridgehead atoms. The maximum atomic E-state index is 3.68. The molecule has 0 saturated carbocycles. The first-order chi connectivity index (χ1) is 11.0. The summed E-state index contributed by atoms with van der Waals surface area (Å²) < 4.78 is 0. The fourth-order valence-electron chi connectivity index (χ4n) is 3.49. The van der Waals surface area contributed by atoms with Crippen LogP contribution in [-0.4, -0.2) is 10.2 Å². The number of hydrogen-bond acceptors (Lipinski definition) is 1. The Bertz CT molecular complexity index is 749. The largest absolute Gasteiger partial charge is 0.0981 e. The van der Waals surface area contributed by atoms with Gasteiger partial charge in [0, 0.05) is 21.1 Å². The maximum Gasteiger partial charge on any atom is 0.0392 e. The smallest absolute Gasteiger partial charge is 0.0392 e.